The first kappa shape index (κ1) is 19.0. The summed E-state index contributed by atoms with van der Waals surface area (Å²) in [4.78, 5) is 16.7. The van der Waals surface area contributed by atoms with Crippen molar-refractivity contribution in [2.75, 3.05) is 32.7 Å². The van der Waals surface area contributed by atoms with Crippen LogP contribution in [0.5, 0.6) is 5.75 Å². The number of hydrogen-bond acceptors (Lipinski definition) is 4. The van der Waals surface area contributed by atoms with Crippen LogP contribution in [0, 0.1) is 11.6 Å². The van der Waals surface area contributed by atoms with Crippen LogP contribution in [0.4, 0.5) is 8.78 Å². The number of carbonyl (C=O) groups excluding carboxylic acids is 1. The Morgan fingerprint density at radius 1 is 1.22 bits per heavy atom. The van der Waals surface area contributed by atoms with Crippen LogP contribution in [0.25, 0.3) is 0 Å². The molecule has 0 bridgehead atoms. The van der Waals surface area contributed by atoms with Gasteiger partial charge in [-0.15, -0.1) is 6.58 Å². The van der Waals surface area contributed by atoms with Crippen molar-refractivity contribution in [2.24, 2.45) is 0 Å². The van der Waals surface area contributed by atoms with Gasteiger partial charge in [0.2, 0.25) is 0 Å². The molecule has 0 atom stereocenters. The molecule has 2 aromatic rings. The van der Waals surface area contributed by atoms with Gasteiger partial charge in [0.05, 0.1) is 0 Å². The van der Waals surface area contributed by atoms with Crippen molar-refractivity contribution in [3.05, 3.63) is 60.4 Å². The van der Waals surface area contributed by atoms with Crippen LogP contribution in [-0.4, -0.2) is 58.2 Å². The summed E-state index contributed by atoms with van der Waals surface area (Å²) in [6, 6.07) is 4.69. The van der Waals surface area contributed by atoms with Gasteiger partial charge < -0.3 is 9.64 Å². The molecule has 1 aliphatic rings. The van der Waals surface area contributed by atoms with Gasteiger partial charge in [-0.05, 0) is 24.6 Å². The van der Waals surface area contributed by atoms with E-state index in [1.54, 1.807) is 17.2 Å². The predicted molar refractivity (Wildman–Crippen MR) is 96.4 cm³/mol. The zero-order valence-electron chi connectivity index (χ0n) is 15.0. The average Bonchev–Trinajstić information content (AvgIpc) is 3.00. The summed E-state index contributed by atoms with van der Waals surface area (Å²) in [7, 11) is 0. The van der Waals surface area contributed by atoms with Crippen molar-refractivity contribution in [3.8, 4) is 5.75 Å². The van der Waals surface area contributed by atoms with Crippen LogP contribution in [0.1, 0.15) is 16.9 Å². The number of benzene rings is 1. The molecule has 3 rings (SSSR count). The van der Waals surface area contributed by atoms with Crippen LogP contribution in [0.15, 0.2) is 43.1 Å². The molecule has 0 aliphatic carbocycles. The molecule has 0 unspecified atom stereocenters. The highest BCUT2D eigenvalue weighted by atomic mass is 19.1. The standard InChI is InChI=1S/C19H22F2N4O2/c1-2-7-23-8-3-9-24(12-11-23)19(26)17-6-10-25(22-17)14-27-18-5-4-15(20)13-16(18)21/h2,4-6,10,13H,1,3,7-9,11-12,14H2. The molecule has 144 valence electrons. The smallest absolute Gasteiger partial charge is 0.274 e. The topological polar surface area (TPSA) is 50.6 Å². The number of nitrogens with zero attached hydrogens (tertiary/aromatic N) is 4. The van der Waals surface area contributed by atoms with E-state index in [9.17, 15) is 13.6 Å². The maximum absolute atomic E-state index is 13.6. The highest BCUT2D eigenvalue weighted by Crippen LogP contribution is 2.18. The van der Waals surface area contributed by atoms with Gasteiger partial charge in [0.25, 0.3) is 5.91 Å². The number of rotatable bonds is 6. The Kier molecular flexibility index (Phi) is 6.18. The maximum atomic E-state index is 13.6. The Bertz CT molecular complexity index is 809. The third-order valence-corrected chi connectivity index (χ3v) is 4.37. The maximum Gasteiger partial charge on any atom is 0.274 e. The molecule has 2 heterocycles. The Morgan fingerprint density at radius 2 is 2.07 bits per heavy atom. The van der Waals surface area contributed by atoms with Gasteiger partial charge in [-0.3, -0.25) is 9.69 Å². The number of ether oxygens (including phenoxy) is 1. The molecule has 0 radical (unpaired) electrons. The van der Waals surface area contributed by atoms with Crippen LogP contribution in [-0.2, 0) is 6.73 Å². The highest BCUT2D eigenvalue weighted by Gasteiger charge is 2.21. The van der Waals surface area contributed by atoms with Gasteiger partial charge >= 0.3 is 0 Å². The van der Waals surface area contributed by atoms with E-state index in [0.717, 1.165) is 38.2 Å². The van der Waals surface area contributed by atoms with Crippen molar-refractivity contribution >= 4 is 5.91 Å². The number of hydrogen-bond donors (Lipinski definition) is 0. The molecular formula is C19H22F2N4O2. The van der Waals surface area contributed by atoms with E-state index < -0.39 is 11.6 Å². The van der Waals surface area contributed by atoms with E-state index in [4.69, 9.17) is 4.74 Å². The summed E-state index contributed by atoms with van der Waals surface area (Å²) >= 11 is 0. The van der Waals surface area contributed by atoms with Crippen molar-refractivity contribution < 1.29 is 18.3 Å². The monoisotopic (exact) mass is 376 g/mol. The fraction of sp³-hybridized carbons (Fsp3) is 0.368. The van der Waals surface area contributed by atoms with Crippen LogP contribution in [0.2, 0.25) is 0 Å². The molecule has 1 aliphatic heterocycles. The first-order valence-corrected chi connectivity index (χ1v) is 8.80. The minimum atomic E-state index is -0.785. The first-order valence-electron chi connectivity index (χ1n) is 8.80. The van der Waals surface area contributed by atoms with Gasteiger partial charge in [0.15, 0.2) is 24.0 Å². The zero-order valence-corrected chi connectivity index (χ0v) is 15.0. The summed E-state index contributed by atoms with van der Waals surface area (Å²) in [5, 5.41) is 4.21. The Balaban J connectivity index is 1.58. The number of carbonyl (C=O) groups is 1. The normalized spacial score (nSPS) is 15.4. The SMILES string of the molecule is C=CCN1CCCN(C(=O)c2ccn(COc3ccc(F)cc3F)n2)CC1. The van der Waals surface area contributed by atoms with Crippen molar-refractivity contribution in [1.82, 2.24) is 19.6 Å². The fourth-order valence-electron chi connectivity index (χ4n) is 2.98. The van der Waals surface area contributed by atoms with E-state index in [0.29, 0.717) is 18.8 Å². The van der Waals surface area contributed by atoms with Crippen LogP contribution < -0.4 is 4.74 Å². The number of amides is 1. The molecule has 1 amide bonds. The lowest BCUT2D eigenvalue weighted by Crippen LogP contribution is -2.35. The largest absolute Gasteiger partial charge is 0.468 e. The second-order valence-electron chi connectivity index (χ2n) is 6.32. The van der Waals surface area contributed by atoms with E-state index >= 15 is 0 Å². The predicted octanol–water partition coefficient (Wildman–Crippen LogP) is 2.53. The summed E-state index contributed by atoms with van der Waals surface area (Å²) in [6.45, 7) is 7.52. The first-order chi connectivity index (χ1) is 13.1. The van der Waals surface area contributed by atoms with Crippen molar-refractivity contribution in [3.63, 3.8) is 0 Å². The molecule has 1 saturated heterocycles. The second kappa shape index (κ2) is 8.77. The quantitative estimate of drug-likeness (QED) is 0.727. The molecule has 1 fully saturated rings. The molecular weight excluding hydrogens is 354 g/mol. The molecule has 6 nitrogen and oxygen atoms in total. The Hall–Kier alpha value is -2.74. The minimum absolute atomic E-state index is 0.0744. The molecule has 8 heteroatoms. The Labute approximate surface area is 156 Å². The minimum Gasteiger partial charge on any atom is -0.468 e. The summed E-state index contributed by atoms with van der Waals surface area (Å²) in [5.74, 6) is -1.67. The van der Waals surface area contributed by atoms with Crippen LogP contribution >= 0.6 is 0 Å². The van der Waals surface area contributed by atoms with E-state index in [2.05, 4.69) is 16.6 Å². The van der Waals surface area contributed by atoms with Gasteiger partial charge in [0.1, 0.15) is 5.82 Å². The lowest BCUT2D eigenvalue weighted by molar-refractivity contribution is 0.0754. The summed E-state index contributed by atoms with van der Waals surface area (Å²) < 4.78 is 33.2. The van der Waals surface area contributed by atoms with E-state index in [-0.39, 0.29) is 18.4 Å². The van der Waals surface area contributed by atoms with E-state index in [1.165, 1.54) is 10.7 Å². The molecule has 0 spiro atoms. The van der Waals surface area contributed by atoms with Gasteiger partial charge in [-0.2, -0.15) is 5.10 Å². The highest BCUT2D eigenvalue weighted by molar-refractivity contribution is 5.92. The van der Waals surface area contributed by atoms with E-state index in [1.807, 2.05) is 6.08 Å². The van der Waals surface area contributed by atoms with Gasteiger partial charge in [-0.1, -0.05) is 6.08 Å². The lowest BCUT2D eigenvalue weighted by Gasteiger charge is -2.20. The van der Waals surface area contributed by atoms with Gasteiger partial charge in [0, 0.05) is 45.0 Å². The lowest BCUT2D eigenvalue weighted by atomic mass is 10.3. The number of halogens is 2. The van der Waals surface area contributed by atoms with Crippen molar-refractivity contribution in [1.29, 1.82) is 0 Å². The summed E-state index contributed by atoms with van der Waals surface area (Å²) in [6.07, 6.45) is 4.35. The second-order valence-corrected chi connectivity index (χ2v) is 6.32. The molecule has 27 heavy (non-hydrogen) atoms. The fourth-order valence-corrected chi connectivity index (χ4v) is 2.98. The Morgan fingerprint density at radius 3 is 2.85 bits per heavy atom. The van der Waals surface area contributed by atoms with Crippen LogP contribution in [0.3, 0.4) is 0 Å². The molecule has 0 saturated carbocycles. The molecule has 0 N–H and O–H groups in total. The average molecular weight is 376 g/mol. The third kappa shape index (κ3) is 4.91. The zero-order chi connectivity index (χ0) is 19.2. The molecule has 1 aromatic heterocycles. The third-order valence-electron chi connectivity index (χ3n) is 4.37. The van der Waals surface area contributed by atoms with Gasteiger partial charge in [-0.25, -0.2) is 13.5 Å². The van der Waals surface area contributed by atoms with Crippen molar-refractivity contribution in [2.45, 2.75) is 13.2 Å². The summed E-state index contributed by atoms with van der Waals surface area (Å²) in [5.41, 5.74) is 0.315. The number of aromatic nitrogens is 2. The molecule has 1 aromatic carbocycles.